The molecule has 0 saturated heterocycles. The van der Waals surface area contributed by atoms with Gasteiger partial charge < -0.3 is 15.7 Å². The Bertz CT molecular complexity index is 160. The maximum atomic E-state index is 9.71. The van der Waals surface area contributed by atoms with Gasteiger partial charge in [0.1, 0.15) is 0 Å². The van der Waals surface area contributed by atoms with Crippen LogP contribution < -0.4 is 5.73 Å². The molecule has 3 heteroatoms. The first-order chi connectivity index (χ1) is 6.93. The third-order valence-electron chi connectivity index (χ3n) is 3.26. The molecular formula is C12H28N2O. The number of nitrogens with zero attached hydrogens (tertiary/aromatic N) is 1. The zero-order valence-electron chi connectivity index (χ0n) is 10.8. The molecule has 0 radical (unpaired) electrons. The Labute approximate surface area is 94.6 Å². The highest BCUT2D eigenvalue weighted by molar-refractivity contribution is 4.73. The minimum absolute atomic E-state index is 0.355. The van der Waals surface area contributed by atoms with Gasteiger partial charge in [0.15, 0.2) is 0 Å². The van der Waals surface area contributed by atoms with Crippen LogP contribution in [0.4, 0.5) is 0 Å². The summed E-state index contributed by atoms with van der Waals surface area (Å²) in [6, 6.07) is 0.653. The number of aliphatic hydroxyl groups is 1. The monoisotopic (exact) mass is 216 g/mol. The van der Waals surface area contributed by atoms with Gasteiger partial charge in [-0.2, -0.15) is 0 Å². The Morgan fingerprint density at radius 1 is 1.40 bits per heavy atom. The van der Waals surface area contributed by atoms with Gasteiger partial charge in [-0.25, -0.2) is 0 Å². The van der Waals surface area contributed by atoms with Crippen LogP contribution in [0.25, 0.3) is 0 Å². The standard InChI is InChI=1S/C12H28N2O/c1-5-11(2)14(4)9-7-6-8-12(3,15)10-13/h11,15H,5-10,13H2,1-4H3. The van der Waals surface area contributed by atoms with Gasteiger partial charge in [-0.05, 0) is 53.1 Å². The van der Waals surface area contributed by atoms with Crippen molar-refractivity contribution in [1.29, 1.82) is 0 Å². The third-order valence-corrected chi connectivity index (χ3v) is 3.26. The lowest BCUT2D eigenvalue weighted by atomic mass is 9.99. The first-order valence-electron chi connectivity index (χ1n) is 6.05. The van der Waals surface area contributed by atoms with Gasteiger partial charge in [0, 0.05) is 12.6 Å². The van der Waals surface area contributed by atoms with Crippen molar-refractivity contribution in [3.63, 3.8) is 0 Å². The summed E-state index contributed by atoms with van der Waals surface area (Å²) in [5.74, 6) is 0. The molecule has 3 N–H and O–H groups in total. The number of hydrogen-bond acceptors (Lipinski definition) is 3. The molecule has 0 aliphatic rings. The lowest BCUT2D eigenvalue weighted by Crippen LogP contribution is -2.34. The van der Waals surface area contributed by atoms with E-state index < -0.39 is 5.60 Å². The van der Waals surface area contributed by atoms with Crippen LogP contribution in [0.2, 0.25) is 0 Å². The third kappa shape index (κ3) is 6.88. The molecule has 2 unspecified atom stereocenters. The minimum atomic E-state index is -0.672. The lowest BCUT2D eigenvalue weighted by Gasteiger charge is -2.25. The van der Waals surface area contributed by atoms with Gasteiger partial charge in [-0.3, -0.25) is 0 Å². The second-order valence-electron chi connectivity index (χ2n) is 4.90. The van der Waals surface area contributed by atoms with Crippen LogP contribution in [-0.2, 0) is 0 Å². The molecule has 0 aliphatic heterocycles. The molecule has 2 atom stereocenters. The molecule has 0 aliphatic carbocycles. The van der Waals surface area contributed by atoms with E-state index in [1.54, 1.807) is 0 Å². The summed E-state index contributed by atoms with van der Waals surface area (Å²) in [4.78, 5) is 2.37. The van der Waals surface area contributed by atoms with Crippen molar-refractivity contribution in [2.75, 3.05) is 20.1 Å². The predicted molar refractivity (Wildman–Crippen MR) is 65.9 cm³/mol. The van der Waals surface area contributed by atoms with Crippen molar-refractivity contribution in [3.8, 4) is 0 Å². The van der Waals surface area contributed by atoms with Crippen LogP contribution in [0.15, 0.2) is 0 Å². The van der Waals surface area contributed by atoms with E-state index >= 15 is 0 Å². The molecule has 3 nitrogen and oxygen atoms in total. The summed E-state index contributed by atoms with van der Waals surface area (Å²) in [6.45, 7) is 7.73. The highest BCUT2D eigenvalue weighted by atomic mass is 16.3. The highest BCUT2D eigenvalue weighted by Crippen LogP contribution is 2.12. The van der Waals surface area contributed by atoms with Crippen molar-refractivity contribution >= 4 is 0 Å². The van der Waals surface area contributed by atoms with E-state index in [9.17, 15) is 5.11 Å². The average Bonchev–Trinajstić information content (AvgIpc) is 2.22. The van der Waals surface area contributed by atoms with Crippen LogP contribution >= 0.6 is 0 Å². The first kappa shape index (κ1) is 14.9. The van der Waals surface area contributed by atoms with Gasteiger partial charge >= 0.3 is 0 Å². The molecule has 0 fully saturated rings. The van der Waals surface area contributed by atoms with Crippen LogP contribution in [0, 0.1) is 0 Å². The van der Waals surface area contributed by atoms with Crippen LogP contribution in [0.1, 0.15) is 46.5 Å². The van der Waals surface area contributed by atoms with E-state index in [2.05, 4.69) is 25.8 Å². The number of rotatable bonds is 8. The van der Waals surface area contributed by atoms with Crippen molar-refractivity contribution < 1.29 is 5.11 Å². The Hall–Kier alpha value is -0.120. The van der Waals surface area contributed by atoms with E-state index in [0.29, 0.717) is 12.6 Å². The molecule has 0 rings (SSSR count). The second kappa shape index (κ2) is 7.20. The molecule has 0 aromatic heterocycles. The molecule has 0 spiro atoms. The summed E-state index contributed by atoms with van der Waals surface area (Å²) >= 11 is 0. The fourth-order valence-corrected chi connectivity index (χ4v) is 1.50. The molecule has 0 heterocycles. The Balaban J connectivity index is 3.54. The van der Waals surface area contributed by atoms with Gasteiger partial charge in [0.2, 0.25) is 0 Å². The SMILES string of the molecule is CCC(C)N(C)CCCCC(C)(O)CN. The molecular weight excluding hydrogens is 188 g/mol. The van der Waals surface area contributed by atoms with Gasteiger partial charge in [-0.1, -0.05) is 6.92 Å². The molecule has 15 heavy (non-hydrogen) atoms. The number of nitrogens with two attached hydrogens (primary N) is 1. The maximum absolute atomic E-state index is 9.71. The second-order valence-corrected chi connectivity index (χ2v) is 4.90. The summed E-state index contributed by atoms with van der Waals surface area (Å²) in [5.41, 5.74) is 4.79. The summed E-state index contributed by atoms with van der Waals surface area (Å²) in [5, 5.41) is 9.71. The maximum Gasteiger partial charge on any atom is 0.0741 e. The molecule has 0 aromatic carbocycles. The smallest absolute Gasteiger partial charge is 0.0741 e. The van der Waals surface area contributed by atoms with Crippen molar-refractivity contribution in [1.82, 2.24) is 4.90 Å². The predicted octanol–water partition coefficient (Wildman–Crippen LogP) is 1.60. The first-order valence-corrected chi connectivity index (χ1v) is 6.05. The molecule has 0 saturated carbocycles. The summed E-state index contributed by atoms with van der Waals surface area (Å²) in [7, 11) is 2.16. The lowest BCUT2D eigenvalue weighted by molar-refractivity contribution is 0.0562. The van der Waals surface area contributed by atoms with Crippen molar-refractivity contribution in [3.05, 3.63) is 0 Å². The zero-order chi connectivity index (χ0) is 11.9. The topological polar surface area (TPSA) is 49.5 Å². The number of hydrogen-bond donors (Lipinski definition) is 2. The molecule has 0 amide bonds. The van der Waals surface area contributed by atoms with Crippen LogP contribution in [0.3, 0.4) is 0 Å². The van der Waals surface area contributed by atoms with Crippen LogP contribution in [-0.4, -0.2) is 41.8 Å². The van der Waals surface area contributed by atoms with Crippen molar-refractivity contribution in [2.45, 2.75) is 58.1 Å². The highest BCUT2D eigenvalue weighted by Gasteiger charge is 2.17. The quantitative estimate of drug-likeness (QED) is 0.606. The average molecular weight is 216 g/mol. The van der Waals surface area contributed by atoms with E-state index in [1.807, 2.05) is 6.92 Å². The summed E-state index contributed by atoms with van der Waals surface area (Å²) < 4.78 is 0. The molecule has 0 bridgehead atoms. The van der Waals surface area contributed by atoms with Crippen molar-refractivity contribution in [2.24, 2.45) is 5.73 Å². The Kier molecular flexibility index (Phi) is 7.14. The normalized spacial score (nSPS) is 17.8. The fraction of sp³-hybridized carbons (Fsp3) is 1.00. The van der Waals surface area contributed by atoms with E-state index in [4.69, 9.17) is 5.73 Å². The largest absolute Gasteiger partial charge is 0.389 e. The van der Waals surface area contributed by atoms with Gasteiger partial charge in [-0.15, -0.1) is 0 Å². The molecule has 92 valence electrons. The van der Waals surface area contributed by atoms with E-state index in [-0.39, 0.29) is 0 Å². The van der Waals surface area contributed by atoms with E-state index in [1.165, 1.54) is 6.42 Å². The van der Waals surface area contributed by atoms with Crippen LogP contribution in [0.5, 0.6) is 0 Å². The summed E-state index contributed by atoms with van der Waals surface area (Å²) in [6.07, 6.45) is 4.18. The Morgan fingerprint density at radius 2 is 2.00 bits per heavy atom. The van der Waals surface area contributed by atoms with Gasteiger partial charge in [0.25, 0.3) is 0 Å². The Morgan fingerprint density at radius 3 is 2.47 bits per heavy atom. The zero-order valence-corrected chi connectivity index (χ0v) is 10.8. The fourth-order valence-electron chi connectivity index (χ4n) is 1.50. The minimum Gasteiger partial charge on any atom is -0.389 e. The molecule has 0 aromatic rings. The number of unbranched alkanes of at least 4 members (excludes halogenated alkanes) is 1. The van der Waals surface area contributed by atoms with E-state index in [0.717, 1.165) is 25.8 Å². The van der Waals surface area contributed by atoms with Gasteiger partial charge in [0.05, 0.1) is 5.60 Å².